The van der Waals surface area contributed by atoms with E-state index in [0.29, 0.717) is 44.5 Å². The van der Waals surface area contributed by atoms with Gasteiger partial charge >= 0.3 is 12.2 Å². The summed E-state index contributed by atoms with van der Waals surface area (Å²) in [6.45, 7) is 3.49. The summed E-state index contributed by atoms with van der Waals surface area (Å²) in [5, 5.41) is 20.8. The molecule has 0 spiro atoms. The number of pyridine rings is 1. The number of carbonyl (C=O) groups is 2. The van der Waals surface area contributed by atoms with Crippen molar-refractivity contribution < 1.29 is 32.6 Å². The summed E-state index contributed by atoms with van der Waals surface area (Å²) in [6.07, 6.45) is -0.0927. The number of nitrogens with two attached hydrogens (primary N) is 1. The summed E-state index contributed by atoms with van der Waals surface area (Å²) in [6, 6.07) is 5.71. The van der Waals surface area contributed by atoms with Crippen LogP contribution in [0.4, 0.5) is 23.8 Å². The molecule has 0 radical (unpaired) electrons. The maximum Gasteiger partial charge on any atom is 0.416 e. The second-order valence-corrected chi connectivity index (χ2v) is 10.5. The van der Waals surface area contributed by atoms with Crippen LogP contribution in [-0.4, -0.2) is 75.0 Å². The number of ether oxygens (including phenoxy) is 1. The lowest BCUT2D eigenvalue weighted by atomic mass is 9.77. The number of aliphatic hydroxyl groups is 1. The van der Waals surface area contributed by atoms with Crippen molar-refractivity contribution >= 4 is 28.7 Å². The van der Waals surface area contributed by atoms with Crippen molar-refractivity contribution in [2.24, 2.45) is 5.73 Å². The number of carbonyl (C=O) groups excluding carboxylic acids is 2. The van der Waals surface area contributed by atoms with Crippen LogP contribution in [0.15, 0.2) is 36.5 Å². The molecular weight excluding hydrogens is 543 g/mol. The molecule has 0 bridgehead atoms. The van der Waals surface area contributed by atoms with E-state index < -0.39 is 23.4 Å². The van der Waals surface area contributed by atoms with Gasteiger partial charge in [0.05, 0.1) is 35.9 Å². The maximum atomic E-state index is 13.2. The third kappa shape index (κ3) is 6.07. The third-order valence-corrected chi connectivity index (χ3v) is 7.77. The molecule has 2 aromatic heterocycles. The van der Waals surface area contributed by atoms with Crippen LogP contribution in [0.25, 0.3) is 10.9 Å². The summed E-state index contributed by atoms with van der Waals surface area (Å²) in [5.41, 5.74) is 4.35. The van der Waals surface area contributed by atoms with Gasteiger partial charge in [0.25, 0.3) is 0 Å². The van der Waals surface area contributed by atoms with E-state index in [1.54, 1.807) is 12.3 Å². The maximum absolute atomic E-state index is 13.2. The highest BCUT2D eigenvalue weighted by molar-refractivity contribution is 5.97. The van der Waals surface area contributed by atoms with Gasteiger partial charge in [0.1, 0.15) is 0 Å². The molecule has 1 aliphatic carbocycles. The first kappa shape index (κ1) is 28.6. The lowest BCUT2D eigenvalue weighted by Crippen LogP contribution is -2.63. The molecule has 1 aromatic carbocycles. The Morgan fingerprint density at radius 2 is 1.93 bits per heavy atom. The number of anilines is 1. The van der Waals surface area contributed by atoms with Gasteiger partial charge in [0.2, 0.25) is 11.8 Å². The van der Waals surface area contributed by atoms with Crippen molar-refractivity contribution in [3.05, 3.63) is 47.7 Å². The van der Waals surface area contributed by atoms with E-state index in [2.05, 4.69) is 25.6 Å². The number of nitrogens with zero attached hydrogens (tertiary/aromatic N) is 4. The zero-order valence-electron chi connectivity index (χ0n) is 22.4. The topological polar surface area (TPSA) is 148 Å². The molecule has 41 heavy (non-hydrogen) atoms. The molecule has 1 saturated carbocycles. The van der Waals surface area contributed by atoms with Crippen molar-refractivity contribution in [3.8, 4) is 5.88 Å². The van der Waals surface area contributed by atoms with Gasteiger partial charge < -0.3 is 26.2 Å². The van der Waals surface area contributed by atoms with Gasteiger partial charge in [-0.15, -0.1) is 5.10 Å². The number of aromatic nitrogens is 3. The molecule has 3 heterocycles. The summed E-state index contributed by atoms with van der Waals surface area (Å²) in [7, 11) is 0. The highest BCUT2D eigenvalue weighted by Gasteiger charge is 2.40. The van der Waals surface area contributed by atoms with Gasteiger partial charge in [-0.1, -0.05) is 0 Å². The van der Waals surface area contributed by atoms with Crippen LogP contribution in [0, 0.1) is 0 Å². The second kappa shape index (κ2) is 11.2. The smallest absolute Gasteiger partial charge is 0.416 e. The van der Waals surface area contributed by atoms with E-state index in [1.165, 1.54) is 0 Å². The largest absolute Gasteiger partial charge is 0.478 e. The number of benzene rings is 1. The monoisotopic (exact) mass is 575 g/mol. The average molecular weight is 576 g/mol. The fraction of sp³-hybridized carbons (Fsp3) is 0.481. The van der Waals surface area contributed by atoms with E-state index in [1.807, 2.05) is 13.0 Å². The number of primary amides is 1. The predicted octanol–water partition coefficient (Wildman–Crippen LogP) is 2.82. The molecule has 14 heteroatoms. The highest BCUT2D eigenvalue weighted by Crippen LogP contribution is 2.39. The number of likely N-dealkylation sites (tertiary alicyclic amines) is 1. The molecule has 2 fully saturated rings. The lowest BCUT2D eigenvalue weighted by molar-refractivity contribution is -0.137. The van der Waals surface area contributed by atoms with Crippen LogP contribution in [0.5, 0.6) is 5.88 Å². The summed E-state index contributed by atoms with van der Waals surface area (Å²) >= 11 is 0. The van der Waals surface area contributed by atoms with E-state index in [0.717, 1.165) is 41.3 Å². The van der Waals surface area contributed by atoms with Crippen LogP contribution in [0.1, 0.15) is 43.7 Å². The standard InChI is InChI=1S/C27H32F3N7O4/c1-2-41-23-6-4-17(12-32-23)26(40)9-7-19(8-10-26)36-14-18(15-36)34-22(38)13-33-24-20-11-16(27(28,29)30)3-5-21(20)37(35-24)25(31)39/h3-6,11-12,18-19,40H,2,7-10,13-15H2,1H3,(H2,31,39)(H,33,35)(H,34,38). The number of alkyl halides is 3. The zero-order valence-corrected chi connectivity index (χ0v) is 22.4. The van der Waals surface area contributed by atoms with E-state index >= 15 is 0 Å². The molecular formula is C27H32F3N7O4. The first-order valence-electron chi connectivity index (χ1n) is 13.5. The fourth-order valence-electron chi connectivity index (χ4n) is 5.56. The number of hydrogen-bond acceptors (Lipinski definition) is 8. The SMILES string of the molecule is CCOc1ccc(C2(O)CCC(N3CC(NC(=O)CNc4nn(C(N)=O)c5ccc(C(F)(F)F)cc45)C3)CC2)cn1. The van der Waals surface area contributed by atoms with Crippen LogP contribution in [0.2, 0.25) is 0 Å². The Labute approximate surface area is 233 Å². The third-order valence-electron chi connectivity index (χ3n) is 7.77. The number of amides is 2. The minimum Gasteiger partial charge on any atom is -0.478 e. The molecule has 2 aliphatic rings. The predicted molar refractivity (Wildman–Crippen MR) is 143 cm³/mol. The van der Waals surface area contributed by atoms with Gasteiger partial charge in [0.15, 0.2) is 5.82 Å². The first-order chi connectivity index (χ1) is 19.5. The molecule has 1 aliphatic heterocycles. The molecule has 3 aromatic rings. The Morgan fingerprint density at radius 3 is 2.54 bits per heavy atom. The van der Waals surface area contributed by atoms with Crippen LogP contribution >= 0.6 is 0 Å². The molecule has 5 rings (SSSR count). The highest BCUT2D eigenvalue weighted by atomic mass is 19.4. The lowest BCUT2D eigenvalue weighted by Gasteiger charge is -2.48. The number of rotatable bonds is 8. The quantitative estimate of drug-likeness (QED) is 0.321. The number of hydrogen-bond donors (Lipinski definition) is 4. The van der Waals surface area contributed by atoms with Gasteiger partial charge in [0, 0.05) is 42.3 Å². The Morgan fingerprint density at radius 1 is 1.20 bits per heavy atom. The summed E-state index contributed by atoms with van der Waals surface area (Å²) in [4.78, 5) is 30.8. The van der Waals surface area contributed by atoms with Crippen molar-refractivity contribution in [3.63, 3.8) is 0 Å². The van der Waals surface area contributed by atoms with E-state index in [9.17, 15) is 27.9 Å². The van der Waals surface area contributed by atoms with E-state index in [-0.39, 0.29) is 35.2 Å². The summed E-state index contributed by atoms with van der Waals surface area (Å²) < 4.78 is 45.8. The molecule has 1 saturated heterocycles. The van der Waals surface area contributed by atoms with Crippen LogP contribution in [-0.2, 0) is 16.6 Å². The van der Waals surface area contributed by atoms with Gasteiger partial charge in [-0.2, -0.15) is 17.9 Å². The van der Waals surface area contributed by atoms with Crippen molar-refractivity contribution in [1.29, 1.82) is 0 Å². The van der Waals surface area contributed by atoms with E-state index in [4.69, 9.17) is 10.5 Å². The first-order valence-corrected chi connectivity index (χ1v) is 13.5. The Hall–Kier alpha value is -3.91. The molecule has 220 valence electrons. The molecule has 2 amide bonds. The molecule has 5 N–H and O–H groups in total. The Bertz CT molecular complexity index is 1410. The summed E-state index contributed by atoms with van der Waals surface area (Å²) in [5.74, 6) is 0.124. The number of halogens is 3. The molecule has 11 nitrogen and oxygen atoms in total. The van der Waals surface area contributed by atoms with Gasteiger partial charge in [-0.25, -0.2) is 9.78 Å². The Kier molecular flexibility index (Phi) is 7.79. The average Bonchev–Trinajstić information content (AvgIpc) is 3.28. The fourth-order valence-corrected chi connectivity index (χ4v) is 5.56. The number of fused-ring (bicyclic) bond motifs is 1. The minimum absolute atomic E-state index is 0.0273. The Balaban J connectivity index is 1.11. The minimum atomic E-state index is -4.59. The van der Waals surface area contributed by atoms with Crippen molar-refractivity contribution in [1.82, 2.24) is 25.0 Å². The normalized spacial score (nSPS) is 21.8. The van der Waals surface area contributed by atoms with Gasteiger partial charge in [-0.3, -0.25) is 9.69 Å². The molecule has 0 atom stereocenters. The van der Waals surface area contributed by atoms with Crippen molar-refractivity contribution in [2.45, 2.75) is 56.5 Å². The molecule has 0 unspecified atom stereocenters. The van der Waals surface area contributed by atoms with Crippen LogP contribution in [0.3, 0.4) is 0 Å². The second-order valence-electron chi connectivity index (χ2n) is 10.5. The number of nitrogens with one attached hydrogen (secondary N) is 2. The zero-order chi connectivity index (χ0) is 29.4. The van der Waals surface area contributed by atoms with Crippen molar-refractivity contribution in [2.75, 3.05) is 31.6 Å². The van der Waals surface area contributed by atoms with Gasteiger partial charge in [-0.05, 0) is 56.9 Å². The van der Waals surface area contributed by atoms with Crippen LogP contribution < -0.4 is 21.1 Å².